The Bertz CT molecular complexity index is 527. The zero-order chi connectivity index (χ0) is 13.0. The predicted octanol–water partition coefficient (Wildman–Crippen LogP) is 3.37. The van der Waals surface area contributed by atoms with Crippen LogP contribution in [0.5, 0.6) is 0 Å². The van der Waals surface area contributed by atoms with E-state index in [1.165, 1.54) is 0 Å². The third kappa shape index (κ3) is 2.88. The lowest BCUT2D eigenvalue weighted by Gasteiger charge is -2.17. The number of nitrogens with two attached hydrogens (primary N) is 1. The van der Waals surface area contributed by atoms with Gasteiger partial charge in [-0.25, -0.2) is 0 Å². The van der Waals surface area contributed by atoms with Crippen molar-refractivity contribution < 1.29 is 0 Å². The molecule has 3 N–H and O–H groups in total. The normalized spacial score (nSPS) is 12.6. The maximum Gasteiger partial charge on any atom is 0.0724 e. The number of nitrogens with zero attached hydrogens (tertiary/aromatic N) is 1. The summed E-state index contributed by atoms with van der Waals surface area (Å²) in [5.41, 5.74) is 8.92. The van der Waals surface area contributed by atoms with Crippen LogP contribution in [0.15, 0.2) is 30.5 Å². The summed E-state index contributed by atoms with van der Waals surface area (Å²) in [6, 6.07) is 8.37. The number of nitrogen functional groups attached to an aromatic ring is 1. The van der Waals surface area contributed by atoms with Crippen LogP contribution >= 0.6 is 11.8 Å². The van der Waals surface area contributed by atoms with E-state index in [1.807, 2.05) is 36.0 Å². The molecule has 1 atom stereocenters. The molecule has 0 saturated heterocycles. The first kappa shape index (κ1) is 13.0. The summed E-state index contributed by atoms with van der Waals surface area (Å²) in [5, 5.41) is 4.48. The number of hydrogen-bond donors (Lipinski definition) is 2. The summed E-state index contributed by atoms with van der Waals surface area (Å²) in [5.74, 6) is 1.16. The van der Waals surface area contributed by atoms with Gasteiger partial charge in [0.15, 0.2) is 0 Å². The first-order chi connectivity index (χ1) is 8.72. The van der Waals surface area contributed by atoms with Gasteiger partial charge in [-0.15, -0.1) is 0 Å². The zero-order valence-electron chi connectivity index (χ0n) is 10.8. The fraction of sp³-hybridized carbons (Fsp3) is 0.357. The lowest BCUT2D eigenvalue weighted by molar-refractivity contribution is 0.773. The molecule has 1 aromatic heterocycles. The van der Waals surface area contributed by atoms with Crippen molar-refractivity contribution in [1.82, 2.24) is 4.98 Å². The van der Waals surface area contributed by atoms with E-state index >= 15 is 0 Å². The number of thioether (sulfide) groups is 1. The average molecular weight is 261 g/mol. The molecule has 96 valence electrons. The Morgan fingerprint density at radius 2 is 2.22 bits per heavy atom. The highest BCUT2D eigenvalue weighted by molar-refractivity contribution is 7.98. The molecule has 0 bridgehead atoms. The highest BCUT2D eigenvalue weighted by Gasteiger charge is 2.07. The molecule has 0 aliphatic rings. The van der Waals surface area contributed by atoms with Crippen LogP contribution < -0.4 is 11.1 Å². The van der Waals surface area contributed by atoms with Crippen LogP contribution in [0.4, 0.5) is 11.4 Å². The Labute approximate surface area is 112 Å². The number of aromatic nitrogens is 1. The Morgan fingerprint density at radius 3 is 3.00 bits per heavy atom. The largest absolute Gasteiger partial charge is 0.397 e. The summed E-state index contributed by atoms with van der Waals surface area (Å²) in [4.78, 5) is 4.30. The molecule has 3 nitrogen and oxygen atoms in total. The fourth-order valence-corrected chi connectivity index (χ4v) is 2.52. The molecule has 0 saturated carbocycles. The second-order valence-electron chi connectivity index (χ2n) is 4.42. The van der Waals surface area contributed by atoms with Crippen LogP contribution in [0.1, 0.15) is 13.3 Å². The van der Waals surface area contributed by atoms with Gasteiger partial charge in [0.1, 0.15) is 0 Å². The molecule has 0 fully saturated rings. The molecule has 0 amide bonds. The van der Waals surface area contributed by atoms with E-state index in [2.05, 4.69) is 23.5 Å². The lowest BCUT2D eigenvalue weighted by atomic mass is 10.1. The van der Waals surface area contributed by atoms with Crippen molar-refractivity contribution >= 4 is 34.0 Å². The quantitative estimate of drug-likeness (QED) is 0.810. The topological polar surface area (TPSA) is 50.9 Å². The van der Waals surface area contributed by atoms with Gasteiger partial charge in [0, 0.05) is 17.6 Å². The predicted molar refractivity (Wildman–Crippen MR) is 82.2 cm³/mol. The van der Waals surface area contributed by atoms with E-state index in [-0.39, 0.29) is 0 Å². The van der Waals surface area contributed by atoms with Gasteiger partial charge in [-0.2, -0.15) is 11.8 Å². The fourth-order valence-electron chi connectivity index (χ4n) is 1.93. The molecule has 4 heteroatoms. The molecule has 0 spiro atoms. The second kappa shape index (κ2) is 5.96. The number of anilines is 2. The highest BCUT2D eigenvalue weighted by Crippen LogP contribution is 2.28. The van der Waals surface area contributed by atoms with Crippen molar-refractivity contribution in [3.05, 3.63) is 30.5 Å². The molecule has 1 aromatic carbocycles. The first-order valence-electron chi connectivity index (χ1n) is 6.11. The van der Waals surface area contributed by atoms with Gasteiger partial charge in [-0.3, -0.25) is 4.98 Å². The minimum absolute atomic E-state index is 0.425. The lowest BCUT2D eigenvalue weighted by Crippen LogP contribution is -2.17. The zero-order valence-corrected chi connectivity index (χ0v) is 11.6. The summed E-state index contributed by atoms with van der Waals surface area (Å²) in [6.45, 7) is 2.18. The number of hydrogen-bond acceptors (Lipinski definition) is 4. The third-order valence-corrected chi connectivity index (χ3v) is 3.63. The van der Waals surface area contributed by atoms with Crippen molar-refractivity contribution in [3.8, 4) is 0 Å². The van der Waals surface area contributed by atoms with Crippen LogP contribution in [0.25, 0.3) is 10.9 Å². The van der Waals surface area contributed by atoms with Gasteiger partial charge in [0.05, 0.1) is 16.9 Å². The summed E-state index contributed by atoms with van der Waals surface area (Å²) in [6.07, 6.45) is 5.05. The number of rotatable bonds is 5. The molecule has 0 aliphatic heterocycles. The molecular weight excluding hydrogens is 242 g/mol. The van der Waals surface area contributed by atoms with Gasteiger partial charge < -0.3 is 11.1 Å². The molecule has 1 heterocycles. The number of fused-ring (bicyclic) bond motifs is 1. The third-order valence-electron chi connectivity index (χ3n) is 2.98. The van der Waals surface area contributed by atoms with Crippen LogP contribution in [-0.4, -0.2) is 23.0 Å². The van der Waals surface area contributed by atoms with Gasteiger partial charge in [0.25, 0.3) is 0 Å². The Hall–Kier alpha value is -1.42. The maximum absolute atomic E-state index is 6.19. The van der Waals surface area contributed by atoms with Gasteiger partial charge in [-0.05, 0) is 49.6 Å². The molecule has 0 aliphatic carbocycles. The highest BCUT2D eigenvalue weighted by atomic mass is 32.2. The first-order valence-corrected chi connectivity index (χ1v) is 7.50. The van der Waals surface area contributed by atoms with E-state index in [4.69, 9.17) is 5.73 Å². The molecule has 18 heavy (non-hydrogen) atoms. The van der Waals surface area contributed by atoms with Gasteiger partial charge in [0.2, 0.25) is 0 Å². The molecular formula is C14H19N3S. The average Bonchev–Trinajstić information content (AvgIpc) is 2.40. The van der Waals surface area contributed by atoms with Gasteiger partial charge in [-0.1, -0.05) is 0 Å². The Kier molecular flexibility index (Phi) is 4.31. The van der Waals surface area contributed by atoms with Crippen molar-refractivity contribution in [3.63, 3.8) is 0 Å². The Morgan fingerprint density at radius 1 is 1.39 bits per heavy atom. The van der Waals surface area contributed by atoms with E-state index in [9.17, 15) is 0 Å². The summed E-state index contributed by atoms with van der Waals surface area (Å²) < 4.78 is 0. The van der Waals surface area contributed by atoms with E-state index in [1.54, 1.807) is 6.20 Å². The van der Waals surface area contributed by atoms with E-state index in [0.29, 0.717) is 6.04 Å². The molecule has 2 rings (SSSR count). The second-order valence-corrected chi connectivity index (χ2v) is 5.41. The van der Waals surface area contributed by atoms with Crippen molar-refractivity contribution in [2.45, 2.75) is 19.4 Å². The van der Waals surface area contributed by atoms with Crippen LogP contribution in [-0.2, 0) is 0 Å². The smallest absolute Gasteiger partial charge is 0.0724 e. The number of pyridine rings is 1. The molecule has 2 aromatic rings. The number of nitrogens with one attached hydrogen (secondary N) is 1. The minimum atomic E-state index is 0.425. The molecule has 0 radical (unpaired) electrons. The van der Waals surface area contributed by atoms with Gasteiger partial charge >= 0.3 is 0 Å². The standard InChI is InChI=1S/C14H19N3S/c1-10(7-9-18-2)17-13-6-5-12-11(14(13)15)4-3-8-16-12/h3-6,8,10,17H,7,9,15H2,1-2H3. The maximum atomic E-state index is 6.19. The molecule has 1 unspecified atom stereocenters. The van der Waals surface area contributed by atoms with Crippen LogP contribution in [0.2, 0.25) is 0 Å². The van der Waals surface area contributed by atoms with Crippen molar-refractivity contribution in [2.75, 3.05) is 23.1 Å². The van der Waals surface area contributed by atoms with Crippen molar-refractivity contribution in [2.24, 2.45) is 0 Å². The van der Waals surface area contributed by atoms with Crippen LogP contribution in [0, 0.1) is 0 Å². The summed E-state index contributed by atoms with van der Waals surface area (Å²) in [7, 11) is 0. The SMILES string of the molecule is CSCCC(C)Nc1ccc2ncccc2c1N. The number of benzene rings is 1. The monoisotopic (exact) mass is 261 g/mol. The van der Waals surface area contributed by atoms with Crippen molar-refractivity contribution in [1.29, 1.82) is 0 Å². The van der Waals surface area contributed by atoms with Crippen LogP contribution in [0.3, 0.4) is 0 Å². The Balaban J connectivity index is 2.21. The minimum Gasteiger partial charge on any atom is -0.397 e. The van der Waals surface area contributed by atoms with E-state index < -0.39 is 0 Å². The van der Waals surface area contributed by atoms with E-state index in [0.717, 1.165) is 34.5 Å². The summed E-state index contributed by atoms with van der Waals surface area (Å²) >= 11 is 1.87.